The third-order valence-electron chi connectivity index (χ3n) is 2.83. The topological polar surface area (TPSA) is 26.0 Å². The highest BCUT2D eigenvalue weighted by Gasteiger charge is 2.36. The molecule has 2 N–H and O–H groups in total. The van der Waals surface area contributed by atoms with E-state index in [4.69, 9.17) is 5.73 Å². The fourth-order valence-corrected chi connectivity index (χ4v) is 1.80. The molecule has 2 rings (SSSR count). The van der Waals surface area contributed by atoms with E-state index in [1.807, 2.05) is 0 Å². The molecule has 0 radical (unpaired) electrons. The number of nitrogen functional groups attached to an aromatic ring is 1. The van der Waals surface area contributed by atoms with Crippen LogP contribution in [0.15, 0.2) is 42.5 Å². The van der Waals surface area contributed by atoms with Gasteiger partial charge in [-0.3, -0.25) is 0 Å². The zero-order chi connectivity index (χ0) is 15.8. The fraction of sp³-hybridized carbons (Fsp3) is 0.143. The van der Waals surface area contributed by atoms with E-state index in [2.05, 4.69) is 0 Å². The zero-order valence-corrected chi connectivity index (χ0v) is 10.4. The van der Waals surface area contributed by atoms with Crippen LogP contribution in [0.4, 0.5) is 32.0 Å². The van der Waals surface area contributed by atoms with Gasteiger partial charge in [0.1, 0.15) is 0 Å². The number of halogens is 6. The Bertz CT molecular complexity index is 608. The van der Waals surface area contributed by atoms with Crippen LogP contribution in [-0.4, -0.2) is 0 Å². The molecular weight excluding hydrogens is 296 g/mol. The number of nitrogens with two attached hydrogens (primary N) is 1. The molecule has 21 heavy (non-hydrogen) atoms. The van der Waals surface area contributed by atoms with Crippen LogP contribution in [-0.2, 0) is 12.4 Å². The number of hydrogen-bond acceptors (Lipinski definition) is 1. The van der Waals surface area contributed by atoms with Crippen molar-refractivity contribution in [3.8, 4) is 11.1 Å². The summed E-state index contributed by atoms with van der Waals surface area (Å²) in [5.74, 6) is 0. The maximum Gasteiger partial charge on any atom is 0.416 e. The summed E-state index contributed by atoms with van der Waals surface area (Å²) in [6.07, 6.45) is -9.71. The highest BCUT2D eigenvalue weighted by molar-refractivity contribution is 5.67. The molecule has 0 atom stereocenters. The Morgan fingerprint density at radius 3 is 1.43 bits per heavy atom. The average Bonchev–Trinajstić information content (AvgIpc) is 2.37. The van der Waals surface area contributed by atoms with Crippen molar-refractivity contribution in [3.63, 3.8) is 0 Å². The first-order valence-corrected chi connectivity index (χ1v) is 5.73. The van der Waals surface area contributed by atoms with Crippen molar-refractivity contribution >= 4 is 5.69 Å². The number of hydrogen-bond donors (Lipinski definition) is 1. The Kier molecular flexibility index (Phi) is 3.61. The van der Waals surface area contributed by atoms with Gasteiger partial charge in [0, 0.05) is 5.69 Å². The summed E-state index contributed by atoms with van der Waals surface area (Å²) in [6, 6.07) is 7.00. The van der Waals surface area contributed by atoms with Crippen molar-refractivity contribution in [2.45, 2.75) is 12.4 Å². The Morgan fingerprint density at radius 2 is 1.05 bits per heavy atom. The van der Waals surface area contributed by atoms with Crippen molar-refractivity contribution in [2.75, 3.05) is 5.73 Å². The van der Waals surface area contributed by atoms with Crippen LogP contribution in [0.5, 0.6) is 0 Å². The van der Waals surface area contributed by atoms with E-state index in [0.717, 1.165) is 0 Å². The molecular formula is C14H9F6N. The van der Waals surface area contributed by atoms with Gasteiger partial charge in [-0.2, -0.15) is 26.3 Å². The van der Waals surface area contributed by atoms with E-state index in [0.29, 0.717) is 17.8 Å². The smallest absolute Gasteiger partial charge is 0.399 e. The minimum absolute atomic E-state index is 0.0980. The van der Waals surface area contributed by atoms with Crippen LogP contribution in [0.25, 0.3) is 11.1 Å². The Balaban J connectivity index is 2.63. The first kappa shape index (κ1) is 15.2. The molecule has 7 heteroatoms. The van der Waals surface area contributed by atoms with E-state index in [9.17, 15) is 26.3 Å². The van der Waals surface area contributed by atoms with Gasteiger partial charge in [0.15, 0.2) is 0 Å². The van der Waals surface area contributed by atoms with Crippen LogP contribution in [0, 0.1) is 0 Å². The summed E-state index contributed by atoms with van der Waals surface area (Å²) in [7, 11) is 0. The molecule has 0 amide bonds. The molecule has 2 aromatic carbocycles. The Hall–Kier alpha value is -2.18. The Labute approximate surface area is 116 Å². The molecule has 0 saturated heterocycles. The van der Waals surface area contributed by atoms with Gasteiger partial charge in [0.2, 0.25) is 0 Å². The Morgan fingerprint density at radius 1 is 0.619 bits per heavy atom. The second kappa shape index (κ2) is 4.98. The molecule has 2 aromatic rings. The monoisotopic (exact) mass is 305 g/mol. The predicted octanol–water partition coefficient (Wildman–Crippen LogP) is 4.97. The predicted molar refractivity (Wildman–Crippen MR) is 66.3 cm³/mol. The summed E-state index contributed by atoms with van der Waals surface area (Å²) in [4.78, 5) is 0. The molecule has 0 fully saturated rings. The maximum absolute atomic E-state index is 12.7. The molecule has 0 aliphatic rings. The van der Waals surface area contributed by atoms with Crippen LogP contribution < -0.4 is 5.73 Å². The minimum atomic E-state index is -4.86. The zero-order valence-electron chi connectivity index (χ0n) is 10.4. The molecule has 0 saturated carbocycles. The molecule has 0 unspecified atom stereocenters. The SMILES string of the molecule is Nc1ccc(-c2cc(C(F)(F)F)cc(C(F)(F)F)c2)cc1. The molecule has 0 aliphatic carbocycles. The van der Waals surface area contributed by atoms with Crippen molar-refractivity contribution in [2.24, 2.45) is 0 Å². The molecule has 0 aromatic heterocycles. The molecule has 0 bridgehead atoms. The van der Waals surface area contributed by atoms with Gasteiger partial charge in [0.25, 0.3) is 0 Å². The van der Waals surface area contributed by atoms with Crippen molar-refractivity contribution < 1.29 is 26.3 Å². The lowest BCUT2D eigenvalue weighted by Crippen LogP contribution is -2.11. The third kappa shape index (κ3) is 3.48. The van der Waals surface area contributed by atoms with Crippen LogP contribution >= 0.6 is 0 Å². The van der Waals surface area contributed by atoms with Crippen LogP contribution in [0.2, 0.25) is 0 Å². The van der Waals surface area contributed by atoms with Gasteiger partial charge in [0.05, 0.1) is 11.1 Å². The van der Waals surface area contributed by atoms with E-state index in [1.165, 1.54) is 24.3 Å². The van der Waals surface area contributed by atoms with Crippen LogP contribution in [0.1, 0.15) is 11.1 Å². The average molecular weight is 305 g/mol. The van der Waals surface area contributed by atoms with Crippen molar-refractivity contribution in [1.29, 1.82) is 0 Å². The minimum Gasteiger partial charge on any atom is -0.399 e. The fourth-order valence-electron chi connectivity index (χ4n) is 1.80. The van der Waals surface area contributed by atoms with Gasteiger partial charge in [-0.25, -0.2) is 0 Å². The first-order chi connectivity index (χ1) is 9.57. The van der Waals surface area contributed by atoms with Gasteiger partial charge in [-0.1, -0.05) is 12.1 Å². The van der Waals surface area contributed by atoms with E-state index in [-0.39, 0.29) is 17.2 Å². The normalized spacial score (nSPS) is 12.5. The standard InChI is InChI=1S/C14H9F6N/c15-13(16,17)10-5-9(6-11(7-10)14(18,19)20)8-1-3-12(21)4-2-8/h1-7H,21H2. The van der Waals surface area contributed by atoms with Crippen molar-refractivity contribution in [3.05, 3.63) is 53.6 Å². The quantitative estimate of drug-likeness (QED) is 0.584. The molecule has 0 heterocycles. The molecule has 1 nitrogen and oxygen atoms in total. The van der Waals surface area contributed by atoms with E-state index < -0.39 is 23.5 Å². The highest BCUT2D eigenvalue weighted by Crippen LogP contribution is 2.38. The number of anilines is 1. The van der Waals surface area contributed by atoms with Gasteiger partial charge < -0.3 is 5.73 Å². The lowest BCUT2D eigenvalue weighted by molar-refractivity contribution is -0.143. The third-order valence-corrected chi connectivity index (χ3v) is 2.83. The van der Waals surface area contributed by atoms with Crippen molar-refractivity contribution in [1.82, 2.24) is 0 Å². The van der Waals surface area contributed by atoms with E-state index >= 15 is 0 Å². The summed E-state index contributed by atoms with van der Waals surface area (Å²) in [5, 5.41) is 0. The second-order valence-electron chi connectivity index (χ2n) is 4.42. The summed E-state index contributed by atoms with van der Waals surface area (Å²) >= 11 is 0. The second-order valence-corrected chi connectivity index (χ2v) is 4.42. The lowest BCUT2D eigenvalue weighted by atomic mass is 9.99. The first-order valence-electron chi connectivity index (χ1n) is 5.73. The van der Waals surface area contributed by atoms with Crippen LogP contribution in [0.3, 0.4) is 0 Å². The lowest BCUT2D eigenvalue weighted by Gasteiger charge is -2.14. The number of benzene rings is 2. The molecule has 0 spiro atoms. The molecule has 0 aliphatic heterocycles. The summed E-state index contributed by atoms with van der Waals surface area (Å²) in [6.45, 7) is 0. The number of rotatable bonds is 1. The number of alkyl halides is 6. The summed E-state index contributed by atoms with van der Waals surface area (Å²) in [5.41, 5.74) is 3.17. The van der Waals surface area contributed by atoms with Gasteiger partial charge >= 0.3 is 12.4 Å². The molecule has 112 valence electrons. The van der Waals surface area contributed by atoms with Gasteiger partial charge in [-0.15, -0.1) is 0 Å². The maximum atomic E-state index is 12.7. The van der Waals surface area contributed by atoms with Gasteiger partial charge in [-0.05, 0) is 41.5 Å². The van der Waals surface area contributed by atoms with E-state index in [1.54, 1.807) is 0 Å². The summed E-state index contributed by atoms with van der Waals surface area (Å²) < 4.78 is 76.4. The highest BCUT2D eigenvalue weighted by atomic mass is 19.4. The largest absolute Gasteiger partial charge is 0.416 e.